The van der Waals surface area contributed by atoms with Crippen LogP contribution in [0.1, 0.15) is 79.0 Å². The molecule has 3 aromatic rings. The first-order chi connectivity index (χ1) is 38.7. The Morgan fingerprint density at radius 2 is 1.28 bits per heavy atom. The standard InChI is InChI=1S/C53H82N16O13/c1-8-28(4)42(50(79)66-41(27(2)3)52(81)82)65-39(72)25-69(20-18-54)40(73)24-60-49(78)43(30(6)70)68-51(80)44(31(7)71)67-48(77)38(22-34-23-58-26-61-34)64-47(76)37(21-33-15-11-14-32-13-9-10-16-35(32)33)63-45(74)29(5)62-46(75)36(55)17-12-19-59-53(56)57/h9-11,13-16,23,26-31,36-38,41-44,70-71H,8,12,17-22,24-25,54-55H2,1-7H3,(H,58,61)(H,60,78)(H,62,75)(H,63,74)(H,64,76)(H,65,72)(H,66,79)(H,67,77)(H,68,80)(H,81,82)(H4,56,57,59)/t28?,29-,30+,31+,36-,37-,38-,41+,42-,43-,44-/m0/s1. The van der Waals surface area contributed by atoms with Gasteiger partial charge in [0.1, 0.15) is 42.3 Å². The predicted octanol–water partition coefficient (Wildman–Crippen LogP) is -4.41. The van der Waals surface area contributed by atoms with E-state index in [-0.39, 0.29) is 44.9 Å². The lowest BCUT2D eigenvalue weighted by molar-refractivity contribution is -0.144. The van der Waals surface area contributed by atoms with Crippen LogP contribution in [0.2, 0.25) is 0 Å². The Labute approximate surface area is 475 Å². The van der Waals surface area contributed by atoms with E-state index >= 15 is 0 Å². The summed E-state index contributed by atoms with van der Waals surface area (Å²) in [6.07, 6.45) is -0.0666. The van der Waals surface area contributed by atoms with Crippen LogP contribution in [0.15, 0.2) is 60.0 Å². The number of nitrogens with two attached hydrogens (primary N) is 4. The molecule has 29 heteroatoms. The fourth-order valence-corrected chi connectivity index (χ4v) is 8.32. The SMILES string of the molecule is CCC(C)[C@H](NC(=O)CN(CCN)C(=O)CNC(=O)[C@@H](NC(=O)[C@@H](NC(=O)[C@H](Cc1cnc[nH]1)NC(=O)[C@H](Cc1cccc2ccccc12)NC(=O)[C@H](C)NC(=O)[C@@H](N)CCCN=C(N)N)[C@@H](C)O)[C@@H](C)O)C(=O)N[C@@H](C(=O)O)C(C)C. The van der Waals surface area contributed by atoms with Crippen LogP contribution in [0.25, 0.3) is 10.8 Å². The predicted molar refractivity (Wildman–Crippen MR) is 301 cm³/mol. The highest BCUT2D eigenvalue weighted by atomic mass is 16.4. The van der Waals surface area contributed by atoms with Crippen LogP contribution in [-0.4, -0.2) is 189 Å². The first kappa shape index (κ1) is 68.0. The van der Waals surface area contributed by atoms with Crippen LogP contribution in [0, 0.1) is 11.8 Å². The van der Waals surface area contributed by atoms with E-state index in [9.17, 15) is 63.3 Å². The monoisotopic (exact) mass is 1150 g/mol. The number of carbonyl (C=O) groups is 10. The number of nitrogens with one attached hydrogen (secondary N) is 9. The number of aliphatic hydroxyl groups is 2. The summed E-state index contributed by atoms with van der Waals surface area (Å²) in [5.41, 5.74) is 23.5. The van der Waals surface area contributed by atoms with Gasteiger partial charge in [-0.3, -0.25) is 48.1 Å². The van der Waals surface area contributed by atoms with Gasteiger partial charge in [0, 0.05) is 44.4 Å². The van der Waals surface area contributed by atoms with Crippen molar-refractivity contribution in [3.05, 3.63) is 66.2 Å². The number of aliphatic imine (C=N–C) groups is 1. The molecule has 11 atom stereocenters. The molecule has 1 heterocycles. The van der Waals surface area contributed by atoms with Crippen molar-refractivity contribution < 1.29 is 63.3 Å². The Bertz CT molecular complexity index is 2680. The number of H-pyrrole nitrogens is 1. The maximum absolute atomic E-state index is 14.5. The molecule has 0 aliphatic rings. The van der Waals surface area contributed by atoms with Gasteiger partial charge in [0.05, 0.1) is 37.7 Å². The smallest absolute Gasteiger partial charge is 0.326 e. The summed E-state index contributed by atoms with van der Waals surface area (Å²) in [5.74, 6) is -10.3. The van der Waals surface area contributed by atoms with Gasteiger partial charge in [-0.15, -0.1) is 0 Å². The molecule has 452 valence electrons. The van der Waals surface area contributed by atoms with Crippen molar-refractivity contribution in [1.29, 1.82) is 0 Å². The number of hydrogen-bond donors (Lipinski definition) is 16. The number of hydrogen-bond acceptors (Lipinski definition) is 16. The number of aromatic amines is 1. The number of guanidine groups is 1. The third-order valence-electron chi connectivity index (χ3n) is 13.3. The van der Waals surface area contributed by atoms with E-state index in [4.69, 9.17) is 22.9 Å². The van der Waals surface area contributed by atoms with E-state index in [2.05, 4.69) is 57.5 Å². The zero-order valence-corrected chi connectivity index (χ0v) is 47.3. The van der Waals surface area contributed by atoms with Gasteiger partial charge in [0.25, 0.3) is 0 Å². The molecular formula is C53H82N16O13. The zero-order valence-electron chi connectivity index (χ0n) is 47.3. The molecule has 0 aliphatic carbocycles. The number of nitrogens with zero attached hydrogens (tertiary/aromatic N) is 3. The highest BCUT2D eigenvalue weighted by Gasteiger charge is 2.37. The summed E-state index contributed by atoms with van der Waals surface area (Å²) < 4.78 is 0. The van der Waals surface area contributed by atoms with Crippen molar-refractivity contribution >= 4 is 75.9 Å². The molecule has 0 fully saturated rings. The van der Waals surface area contributed by atoms with Crippen molar-refractivity contribution in [3.63, 3.8) is 0 Å². The van der Waals surface area contributed by atoms with E-state index in [0.717, 1.165) is 29.5 Å². The van der Waals surface area contributed by atoms with Gasteiger partial charge < -0.3 is 90.7 Å². The summed E-state index contributed by atoms with van der Waals surface area (Å²) in [6, 6.07) is 1.41. The largest absolute Gasteiger partial charge is 0.480 e. The second kappa shape index (κ2) is 33.5. The molecule has 0 spiro atoms. The van der Waals surface area contributed by atoms with E-state index in [1.54, 1.807) is 45.9 Å². The van der Waals surface area contributed by atoms with E-state index in [1.807, 2.05) is 24.3 Å². The minimum absolute atomic E-state index is 0.120. The quantitative estimate of drug-likeness (QED) is 0.0152. The minimum atomic E-state index is -1.85. The second-order valence-electron chi connectivity index (χ2n) is 20.3. The molecule has 3 rings (SSSR count). The molecule has 2 aromatic carbocycles. The van der Waals surface area contributed by atoms with Gasteiger partial charge in [0.15, 0.2) is 5.96 Å². The minimum Gasteiger partial charge on any atom is -0.480 e. The molecule has 0 bridgehead atoms. The number of aromatic nitrogens is 2. The van der Waals surface area contributed by atoms with Gasteiger partial charge in [-0.1, -0.05) is 76.6 Å². The Morgan fingerprint density at radius 1 is 0.695 bits per heavy atom. The number of fused-ring (bicyclic) bond motifs is 1. The number of amides is 9. The lowest BCUT2D eigenvalue weighted by atomic mass is 9.96. The van der Waals surface area contributed by atoms with Crippen LogP contribution in [0.3, 0.4) is 0 Å². The van der Waals surface area contributed by atoms with E-state index in [1.165, 1.54) is 19.4 Å². The Balaban J connectivity index is 1.81. The molecule has 1 aromatic heterocycles. The van der Waals surface area contributed by atoms with Crippen molar-refractivity contribution in [1.82, 2.24) is 57.4 Å². The summed E-state index contributed by atoms with van der Waals surface area (Å²) >= 11 is 0. The first-order valence-corrected chi connectivity index (χ1v) is 26.9. The third-order valence-corrected chi connectivity index (χ3v) is 13.3. The van der Waals surface area contributed by atoms with Gasteiger partial charge in [-0.25, -0.2) is 9.78 Å². The van der Waals surface area contributed by atoms with Crippen molar-refractivity contribution in [2.45, 2.75) is 141 Å². The lowest BCUT2D eigenvalue weighted by Gasteiger charge is -2.29. The molecule has 0 saturated heterocycles. The van der Waals surface area contributed by atoms with Crippen molar-refractivity contribution in [3.8, 4) is 0 Å². The number of rotatable bonds is 34. The van der Waals surface area contributed by atoms with Crippen LogP contribution in [0.5, 0.6) is 0 Å². The summed E-state index contributed by atoms with van der Waals surface area (Å²) in [7, 11) is 0. The summed E-state index contributed by atoms with van der Waals surface area (Å²) in [4.78, 5) is 147. The molecular weight excluding hydrogens is 1070 g/mol. The maximum Gasteiger partial charge on any atom is 0.326 e. The maximum atomic E-state index is 14.5. The number of carboxylic acids is 1. The molecule has 0 saturated carbocycles. The highest BCUT2D eigenvalue weighted by molar-refractivity contribution is 5.98. The number of aliphatic hydroxyl groups excluding tert-OH is 2. The number of aliphatic carboxylic acids is 1. The van der Waals surface area contributed by atoms with Gasteiger partial charge in [-0.2, -0.15) is 0 Å². The molecule has 20 N–H and O–H groups in total. The average molecular weight is 1150 g/mol. The number of carbonyl (C=O) groups excluding carboxylic acids is 9. The fourth-order valence-electron chi connectivity index (χ4n) is 8.32. The van der Waals surface area contributed by atoms with Crippen LogP contribution in [0.4, 0.5) is 0 Å². The van der Waals surface area contributed by atoms with Crippen LogP contribution >= 0.6 is 0 Å². The number of carboxylic acid groups (broad SMARTS) is 1. The summed E-state index contributed by atoms with van der Waals surface area (Å²) in [6.45, 7) is 8.81. The summed E-state index contributed by atoms with van der Waals surface area (Å²) in [5, 5.41) is 52.6. The third kappa shape index (κ3) is 21.6. The molecule has 9 amide bonds. The molecule has 0 radical (unpaired) electrons. The highest BCUT2D eigenvalue weighted by Crippen LogP contribution is 2.20. The molecule has 82 heavy (non-hydrogen) atoms. The second-order valence-corrected chi connectivity index (χ2v) is 20.3. The molecule has 1 unspecified atom stereocenters. The van der Waals surface area contributed by atoms with Gasteiger partial charge in [-0.05, 0) is 61.8 Å². The number of imidazole rings is 1. The number of benzene rings is 2. The van der Waals surface area contributed by atoms with E-state index in [0.29, 0.717) is 24.1 Å². The Kier molecular flexibility index (Phi) is 27.8. The topological polar surface area (TPSA) is 476 Å². The van der Waals surface area contributed by atoms with Crippen LogP contribution in [-0.2, 0) is 60.8 Å². The average Bonchev–Trinajstić information content (AvgIpc) is 4.02. The fraction of sp³-hybridized carbons (Fsp3) is 0.547. The zero-order chi connectivity index (χ0) is 61.4. The Morgan fingerprint density at radius 3 is 1.88 bits per heavy atom. The molecule has 29 nitrogen and oxygen atoms in total. The van der Waals surface area contributed by atoms with E-state index < -0.39 is 145 Å². The lowest BCUT2D eigenvalue weighted by Crippen LogP contribution is -2.62. The Hall–Kier alpha value is -8.28. The van der Waals surface area contributed by atoms with Crippen molar-refractivity contribution in [2.75, 3.05) is 32.7 Å². The normalized spacial score (nSPS) is 15.2. The van der Waals surface area contributed by atoms with Gasteiger partial charge >= 0.3 is 5.97 Å². The van der Waals surface area contributed by atoms with Crippen LogP contribution < -0.4 is 65.5 Å². The molecule has 0 aliphatic heterocycles. The first-order valence-electron chi connectivity index (χ1n) is 26.9. The van der Waals surface area contributed by atoms with Crippen molar-refractivity contribution in [2.24, 2.45) is 39.8 Å². The van der Waals surface area contributed by atoms with Gasteiger partial charge in [0.2, 0.25) is 53.2 Å².